The molecule has 1 aliphatic carbocycles. The number of amides is 1. The predicted octanol–water partition coefficient (Wildman–Crippen LogP) is 2.57. The van der Waals surface area contributed by atoms with E-state index in [2.05, 4.69) is 5.32 Å². The maximum absolute atomic E-state index is 13.5. The SMILES string of the molecule is COc1ccc(NC(=O)[C@@H]2CCC[C@@H]2CN)cc1F.Cl. The molecule has 0 bridgehead atoms. The molecule has 1 saturated carbocycles. The van der Waals surface area contributed by atoms with Gasteiger partial charge in [-0.2, -0.15) is 0 Å². The van der Waals surface area contributed by atoms with E-state index >= 15 is 0 Å². The molecule has 6 heteroatoms. The molecule has 0 saturated heterocycles. The summed E-state index contributed by atoms with van der Waals surface area (Å²) >= 11 is 0. The third-order valence-electron chi connectivity index (χ3n) is 3.72. The number of halogens is 2. The molecule has 4 nitrogen and oxygen atoms in total. The Bertz CT molecular complexity index is 470. The van der Waals surface area contributed by atoms with Gasteiger partial charge in [0.25, 0.3) is 0 Å². The zero-order valence-electron chi connectivity index (χ0n) is 11.4. The quantitative estimate of drug-likeness (QED) is 0.898. The zero-order valence-corrected chi connectivity index (χ0v) is 12.2. The number of anilines is 1. The first-order valence-corrected chi connectivity index (χ1v) is 6.50. The highest BCUT2D eigenvalue weighted by molar-refractivity contribution is 5.93. The summed E-state index contributed by atoms with van der Waals surface area (Å²) in [7, 11) is 1.40. The summed E-state index contributed by atoms with van der Waals surface area (Å²) in [6.07, 6.45) is 2.87. The van der Waals surface area contributed by atoms with Crippen LogP contribution in [-0.4, -0.2) is 19.6 Å². The number of methoxy groups -OCH3 is 1. The van der Waals surface area contributed by atoms with E-state index in [0.717, 1.165) is 19.3 Å². The van der Waals surface area contributed by atoms with Crippen molar-refractivity contribution in [1.29, 1.82) is 0 Å². The first-order chi connectivity index (χ1) is 9.15. The average molecular weight is 303 g/mol. The zero-order chi connectivity index (χ0) is 13.8. The molecule has 0 aromatic heterocycles. The van der Waals surface area contributed by atoms with Crippen molar-refractivity contribution in [1.82, 2.24) is 0 Å². The fourth-order valence-corrected chi connectivity index (χ4v) is 2.64. The van der Waals surface area contributed by atoms with E-state index in [4.69, 9.17) is 10.5 Å². The Morgan fingerprint density at radius 3 is 2.85 bits per heavy atom. The van der Waals surface area contributed by atoms with Gasteiger partial charge in [-0.1, -0.05) is 6.42 Å². The van der Waals surface area contributed by atoms with Crippen LogP contribution in [-0.2, 0) is 4.79 Å². The van der Waals surface area contributed by atoms with Crippen LogP contribution in [0.15, 0.2) is 18.2 Å². The van der Waals surface area contributed by atoms with Crippen LogP contribution in [0.1, 0.15) is 19.3 Å². The van der Waals surface area contributed by atoms with E-state index in [1.54, 1.807) is 6.07 Å². The summed E-state index contributed by atoms with van der Waals surface area (Å²) in [6.45, 7) is 0.523. The summed E-state index contributed by atoms with van der Waals surface area (Å²) in [5, 5.41) is 2.75. The third-order valence-corrected chi connectivity index (χ3v) is 3.72. The Labute approximate surface area is 124 Å². The average Bonchev–Trinajstić information content (AvgIpc) is 2.87. The lowest BCUT2D eigenvalue weighted by molar-refractivity contribution is -0.120. The van der Waals surface area contributed by atoms with Gasteiger partial charge in [0.05, 0.1) is 7.11 Å². The van der Waals surface area contributed by atoms with Crippen LogP contribution < -0.4 is 15.8 Å². The van der Waals surface area contributed by atoms with Crippen molar-refractivity contribution in [3.8, 4) is 5.75 Å². The minimum atomic E-state index is -0.484. The summed E-state index contributed by atoms with van der Waals surface area (Å²) in [6, 6.07) is 4.40. The number of carbonyl (C=O) groups excluding carboxylic acids is 1. The van der Waals surface area contributed by atoms with Crippen LogP contribution in [0, 0.1) is 17.7 Å². The highest BCUT2D eigenvalue weighted by Gasteiger charge is 2.31. The van der Waals surface area contributed by atoms with E-state index in [1.807, 2.05) is 0 Å². The monoisotopic (exact) mass is 302 g/mol. The van der Waals surface area contributed by atoms with Crippen molar-refractivity contribution >= 4 is 24.0 Å². The number of rotatable bonds is 4. The van der Waals surface area contributed by atoms with Crippen LogP contribution in [0.2, 0.25) is 0 Å². The molecule has 0 heterocycles. The van der Waals surface area contributed by atoms with Gasteiger partial charge in [-0.25, -0.2) is 4.39 Å². The largest absolute Gasteiger partial charge is 0.494 e. The van der Waals surface area contributed by atoms with Gasteiger partial charge in [0.1, 0.15) is 0 Å². The molecule has 1 aliphatic rings. The van der Waals surface area contributed by atoms with Gasteiger partial charge in [0.15, 0.2) is 11.6 Å². The second-order valence-electron chi connectivity index (χ2n) is 4.87. The highest BCUT2D eigenvalue weighted by atomic mass is 35.5. The minimum absolute atomic E-state index is 0. The lowest BCUT2D eigenvalue weighted by Gasteiger charge is -2.17. The Kier molecular flexibility index (Phi) is 6.23. The number of hydrogen-bond acceptors (Lipinski definition) is 3. The molecule has 2 atom stereocenters. The molecule has 0 radical (unpaired) electrons. The Morgan fingerprint density at radius 2 is 2.25 bits per heavy atom. The Morgan fingerprint density at radius 1 is 1.50 bits per heavy atom. The second-order valence-corrected chi connectivity index (χ2v) is 4.87. The maximum Gasteiger partial charge on any atom is 0.227 e. The molecule has 0 aliphatic heterocycles. The minimum Gasteiger partial charge on any atom is -0.494 e. The molecule has 1 aromatic rings. The summed E-state index contributed by atoms with van der Waals surface area (Å²) in [4.78, 5) is 12.1. The van der Waals surface area contributed by atoms with Gasteiger partial charge in [-0.15, -0.1) is 12.4 Å². The van der Waals surface area contributed by atoms with Gasteiger partial charge < -0.3 is 15.8 Å². The van der Waals surface area contributed by atoms with E-state index < -0.39 is 5.82 Å². The Balaban J connectivity index is 0.00000200. The molecular formula is C14H20ClFN2O2. The topological polar surface area (TPSA) is 64.3 Å². The molecule has 1 fully saturated rings. The maximum atomic E-state index is 13.5. The summed E-state index contributed by atoms with van der Waals surface area (Å²) in [5.41, 5.74) is 6.11. The van der Waals surface area contributed by atoms with Gasteiger partial charge in [-0.05, 0) is 37.4 Å². The molecular weight excluding hydrogens is 283 g/mol. The molecule has 3 N–H and O–H groups in total. The van der Waals surface area contributed by atoms with Crippen molar-refractivity contribution in [2.75, 3.05) is 19.0 Å². The first-order valence-electron chi connectivity index (χ1n) is 6.50. The molecule has 1 amide bonds. The summed E-state index contributed by atoms with van der Waals surface area (Å²) in [5.74, 6) is -0.212. The second kappa shape index (κ2) is 7.45. The molecule has 0 spiro atoms. The number of carbonyl (C=O) groups is 1. The van der Waals surface area contributed by atoms with Crippen LogP contribution >= 0.6 is 12.4 Å². The number of nitrogens with two attached hydrogens (primary N) is 1. The van der Waals surface area contributed by atoms with E-state index in [0.29, 0.717) is 12.2 Å². The van der Waals surface area contributed by atoms with Crippen molar-refractivity contribution in [3.63, 3.8) is 0 Å². The van der Waals surface area contributed by atoms with Gasteiger partial charge in [0.2, 0.25) is 5.91 Å². The smallest absolute Gasteiger partial charge is 0.227 e. The lowest BCUT2D eigenvalue weighted by atomic mass is 9.95. The summed E-state index contributed by atoms with van der Waals surface area (Å²) < 4.78 is 18.4. The fourth-order valence-electron chi connectivity index (χ4n) is 2.64. The third kappa shape index (κ3) is 3.61. The number of benzene rings is 1. The molecule has 0 unspecified atom stereocenters. The number of hydrogen-bond donors (Lipinski definition) is 2. The normalized spacial score (nSPS) is 21.1. The standard InChI is InChI=1S/C14H19FN2O2.ClH/c1-19-13-6-5-10(7-12(13)15)17-14(18)11-4-2-3-9(11)8-16;/h5-7,9,11H,2-4,8,16H2,1H3,(H,17,18);1H/t9-,11-;/m1./s1. The predicted molar refractivity (Wildman–Crippen MR) is 78.7 cm³/mol. The van der Waals surface area contributed by atoms with Crippen molar-refractivity contribution in [2.24, 2.45) is 17.6 Å². The van der Waals surface area contributed by atoms with Gasteiger partial charge >= 0.3 is 0 Å². The molecule has 112 valence electrons. The van der Waals surface area contributed by atoms with E-state index in [-0.39, 0.29) is 35.9 Å². The van der Waals surface area contributed by atoms with Crippen LogP contribution in [0.4, 0.5) is 10.1 Å². The van der Waals surface area contributed by atoms with Crippen LogP contribution in [0.25, 0.3) is 0 Å². The van der Waals surface area contributed by atoms with Crippen molar-refractivity contribution in [3.05, 3.63) is 24.0 Å². The number of nitrogens with one attached hydrogen (secondary N) is 1. The lowest BCUT2D eigenvalue weighted by Crippen LogP contribution is -2.29. The van der Waals surface area contributed by atoms with E-state index in [1.165, 1.54) is 19.2 Å². The van der Waals surface area contributed by atoms with E-state index in [9.17, 15) is 9.18 Å². The van der Waals surface area contributed by atoms with Crippen molar-refractivity contribution in [2.45, 2.75) is 19.3 Å². The highest BCUT2D eigenvalue weighted by Crippen LogP contribution is 2.32. The van der Waals surface area contributed by atoms with Crippen LogP contribution in [0.5, 0.6) is 5.75 Å². The fraction of sp³-hybridized carbons (Fsp3) is 0.500. The molecule has 2 rings (SSSR count). The first kappa shape index (κ1) is 16.7. The number of ether oxygens (including phenoxy) is 1. The van der Waals surface area contributed by atoms with Gasteiger partial charge in [0, 0.05) is 17.7 Å². The molecule has 1 aromatic carbocycles. The van der Waals surface area contributed by atoms with Gasteiger partial charge in [-0.3, -0.25) is 4.79 Å². The molecule has 20 heavy (non-hydrogen) atoms. The Hall–Kier alpha value is -1.33. The van der Waals surface area contributed by atoms with Crippen molar-refractivity contribution < 1.29 is 13.9 Å². The van der Waals surface area contributed by atoms with Crippen LogP contribution in [0.3, 0.4) is 0 Å².